The van der Waals surface area contributed by atoms with Crippen molar-refractivity contribution in [2.75, 3.05) is 0 Å². The Bertz CT molecular complexity index is 319. The van der Waals surface area contributed by atoms with Crippen molar-refractivity contribution < 1.29 is 4.74 Å². The molecule has 0 N–H and O–H groups in total. The SMILES string of the molecule is Cc1cccc(OC2CCCC(C)C2)c1. The molecule has 0 aliphatic heterocycles. The van der Waals surface area contributed by atoms with Crippen LogP contribution in [0.4, 0.5) is 0 Å². The van der Waals surface area contributed by atoms with Gasteiger partial charge in [0.1, 0.15) is 5.75 Å². The molecule has 0 amide bonds. The minimum Gasteiger partial charge on any atom is -0.490 e. The number of hydrogen-bond donors (Lipinski definition) is 0. The van der Waals surface area contributed by atoms with Gasteiger partial charge in [-0.15, -0.1) is 0 Å². The third-order valence-corrected chi connectivity index (χ3v) is 3.18. The number of benzene rings is 1. The van der Waals surface area contributed by atoms with Gasteiger partial charge in [-0.05, 0) is 49.8 Å². The van der Waals surface area contributed by atoms with Crippen molar-refractivity contribution in [2.45, 2.75) is 45.6 Å². The van der Waals surface area contributed by atoms with E-state index >= 15 is 0 Å². The van der Waals surface area contributed by atoms with E-state index in [4.69, 9.17) is 4.74 Å². The molecule has 1 saturated carbocycles. The van der Waals surface area contributed by atoms with Crippen molar-refractivity contribution >= 4 is 0 Å². The summed E-state index contributed by atoms with van der Waals surface area (Å²) in [6, 6.07) is 8.36. The molecule has 1 aliphatic carbocycles. The molecule has 0 heterocycles. The first kappa shape index (κ1) is 10.5. The topological polar surface area (TPSA) is 9.23 Å². The first-order valence-corrected chi connectivity index (χ1v) is 5.97. The van der Waals surface area contributed by atoms with Gasteiger partial charge in [0.2, 0.25) is 0 Å². The van der Waals surface area contributed by atoms with E-state index < -0.39 is 0 Å². The Morgan fingerprint density at radius 3 is 2.87 bits per heavy atom. The Morgan fingerprint density at radius 1 is 1.27 bits per heavy atom. The monoisotopic (exact) mass is 204 g/mol. The first-order valence-electron chi connectivity index (χ1n) is 5.97. The molecule has 1 fully saturated rings. The third-order valence-electron chi connectivity index (χ3n) is 3.18. The lowest BCUT2D eigenvalue weighted by atomic mass is 9.89. The molecule has 0 radical (unpaired) electrons. The summed E-state index contributed by atoms with van der Waals surface area (Å²) >= 11 is 0. The molecule has 1 aromatic carbocycles. The van der Waals surface area contributed by atoms with Gasteiger partial charge >= 0.3 is 0 Å². The predicted molar refractivity (Wildman–Crippen MR) is 63.2 cm³/mol. The van der Waals surface area contributed by atoms with E-state index in [-0.39, 0.29) is 0 Å². The highest BCUT2D eigenvalue weighted by molar-refractivity contribution is 5.27. The number of hydrogen-bond acceptors (Lipinski definition) is 1. The van der Waals surface area contributed by atoms with Gasteiger partial charge in [0.25, 0.3) is 0 Å². The fourth-order valence-electron chi connectivity index (χ4n) is 2.37. The number of aryl methyl sites for hydroxylation is 1. The van der Waals surface area contributed by atoms with Gasteiger partial charge < -0.3 is 4.74 Å². The van der Waals surface area contributed by atoms with Gasteiger partial charge in [0, 0.05) is 0 Å². The summed E-state index contributed by atoms with van der Waals surface area (Å²) in [4.78, 5) is 0. The third kappa shape index (κ3) is 2.98. The average Bonchev–Trinajstić information content (AvgIpc) is 2.17. The molecule has 1 heteroatoms. The Balaban J connectivity index is 1.96. The van der Waals surface area contributed by atoms with Crippen LogP contribution in [0.1, 0.15) is 38.2 Å². The molecule has 0 aromatic heterocycles. The van der Waals surface area contributed by atoms with Crippen LogP contribution in [0, 0.1) is 12.8 Å². The standard InChI is InChI=1S/C14H20O/c1-11-5-3-7-13(9-11)15-14-8-4-6-12(2)10-14/h3,5,7,9,12,14H,4,6,8,10H2,1-2H3. The van der Waals surface area contributed by atoms with E-state index in [1.807, 2.05) is 0 Å². The predicted octanol–water partition coefficient (Wildman–Crippen LogP) is 3.95. The summed E-state index contributed by atoms with van der Waals surface area (Å²) in [5.74, 6) is 1.86. The van der Waals surface area contributed by atoms with Crippen molar-refractivity contribution in [2.24, 2.45) is 5.92 Å². The van der Waals surface area contributed by atoms with Crippen LogP contribution in [0.25, 0.3) is 0 Å². The van der Waals surface area contributed by atoms with Crippen molar-refractivity contribution in [3.05, 3.63) is 29.8 Å². The normalized spacial score (nSPS) is 26.3. The molecule has 2 atom stereocenters. The van der Waals surface area contributed by atoms with Crippen LogP contribution in [0.5, 0.6) is 5.75 Å². The van der Waals surface area contributed by atoms with Crippen molar-refractivity contribution in [1.29, 1.82) is 0 Å². The van der Waals surface area contributed by atoms with Crippen molar-refractivity contribution in [3.63, 3.8) is 0 Å². The van der Waals surface area contributed by atoms with E-state index in [9.17, 15) is 0 Å². The summed E-state index contributed by atoms with van der Waals surface area (Å²) < 4.78 is 6.01. The molecule has 82 valence electrons. The highest BCUT2D eigenvalue weighted by Gasteiger charge is 2.19. The zero-order valence-electron chi connectivity index (χ0n) is 9.70. The van der Waals surface area contributed by atoms with E-state index in [0.717, 1.165) is 11.7 Å². The Hall–Kier alpha value is -0.980. The smallest absolute Gasteiger partial charge is 0.119 e. The summed E-state index contributed by atoms with van der Waals surface area (Å²) in [6.45, 7) is 4.43. The number of ether oxygens (including phenoxy) is 1. The Morgan fingerprint density at radius 2 is 2.13 bits per heavy atom. The largest absolute Gasteiger partial charge is 0.490 e. The van der Waals surface area contributed by atoms with Crippen LogP contribution in [-0.2, 0) is 0 Å². The van der Waals surface area contributed by atoms with Gasteiger partial charge in [-0.3, -0.25) is 0 Å². The molecule has 2 rings (SSSR count). The lowest BCUT2D eigenvalue weighted by Crippen LogP contribution is -2.24. The maximum atomic E-state index is 6.01. The second kappa shape index (κ2) is 4.69. The minimum absolute atomic E-state index is 0.440. The van der Waals surface area contributed by atoms with Crippen LogP contribution in [0.15, 0.2) is 24.3 Å². The zero-order valence-corrected chi connectivity index (χ0v) is 9.70. The molecule has 1 nitrogen and oxygen atoms in total. The highest BCUT2D eigenvalue weighted by atomic mass is 16.5. The van der Waals surface area contributed by atoms with E-state index in [0.29, 0.717) is 6.10 Å². The second-order valence-corrected chi connectivity index (χ2v) is 4.83. The molecule has 2 unspecified atom stereocenters. The summed E-state index contributed by atoms with van der Waals surface area (Å²) in [7, 11) is 0. The fraction of sp³-hybridized carbons (Fsp3) is 0.571. The summed E-state index contributed by atoms with van der Waals surface area (Å²) in [5, 5.41) is 0. The first-order chi connectivity index (χ1) is 7.24. The maximum Gasteiger partial charge on any atom is 0.119 e. The van der Waals surface area contributed by atoms with Gasteiger partial charge in [0.05, 0.1) is 6.10 Å². The van der Waals surface area contributed by atoms with Gasteiger partial charge in [-0.25, -0.2) is 0 Å². The van der Waals surface area contributed by atoms with Gasteiger partial charge in [-0.1, -0.05) is 25.5 Å². The van der Waals surface area contributed by atoms with Crippen molar-refractivity contribution in [1.82, 2.24) is 0 Å². The zero-order chi connectivity index (χ0) is 10.7. The Labute approximate surface area is 92.5 Å². The van der Waals surface area contributed by atoms with Crippen LogP contribution in [0.2, 0.25) is 0 Å². The molecular formula is C14H20O. The van der Waals surface area contributed by atoms with E-state index in [1.165, 1.54) is 31.2 Å². The average molecular weight is 204 g/mol. The lowest BCUT2D eigenvalue weighted by Gasteiger charge is -2.27. The molecule has 1 aromatic rings. The van der Waals surface area contributed by atoms with Gasteiger partial charge in [-0.2, -0.15) is 0 Å². The molecule has 0 saturated heterocycles. The fourth-order valence-corrected chi connectivity index (χ4v) is 2.37. The van der Waals surface area contributed by atoms with Crippen LogP contribution < -0.4 is 4.74 Å². The van der Waals surface area contributed by atoms with Gasteiger partial charge in [0.15, 0.2) is 0 Å². The quantitative estimate of drug-likeness (QED) is 0.708. The van der Waals surface area contributed by atoms with E-state index in [1.54, 1.807) is 0 Å². The van der Waals surface area contributed by atoms with E-state index in [2.05, 4.69) is 38.1 Å². The van der Waals surface area contributed by atoms with Crippen LogP contribution in [0.3, 0.4) is 0 Å². The minimum atomic E-state index is 0.440. The van der Waals surface area contributed by atoms with Crippen LogP contribution >= 0.6 is 0 Å². The lowest BCUT2D eigenvalue weighted by molar-refractivity contribution is 0.129. The molecular weight excluding hydrogens is 184 g/mol. The molecule has 0 bridgehead atoms. The molecule has 1 aliphatic rings. The Kier molecular flexibility index (Phi) is 3.30. The highest BCUT2D eigenvalue weighted by Crippen LogP contribution is 2.27. The van der Waals surface area contributed by atoms with Crippen LogP contribution in [-0.4, -0.2) is 6.10 Å². The molecule has 15 heavy (non-hydrogen) atoms. The molecule has 0 spiro atoms. The maximum absolute atomic E-state index is 6.01. The number of rotatable bonds is 2. The van der Waals surface area contributed by atoms with Crippen molar-refractivity contribution in [3.8, 4) is 5.75 Å². The second-order valence-electron chi connectivity index (χ2n) is 4.83. The summed E-state index contributed by atoms with van der Waals surface area (Å²) in [5.41, 5.74) is 1.27. The summed E-state index contributed by atoms with van der Waals surface area (Å²) in [6.07, 6.45) is 5.56.